The van der Waals surface area contributed by atoms with Crippen molar-refractivity contribution < 1.29 is 0 Å². The average molecular weight is 162 g/mol. The van der Waals surface area contributed by atoms with Crippen LogP contribution in [-0.2, 0) is 0 Å². The Morgan fingerprint density at radius 2 is 1.25 bits per heavy atom. The topological polar surface area (TPSA) is 0 Å². The van der Waals surface area contributed by atoms with Gasteiger partial charge in [-0.25, -0.2) is 0 Å². The smallest absolute Gasteiger partial charge is 0.0876 e. The second kappa shape index (κ2) is 3.98. The van der Waals surface area contributed by atoms with E-state index in [1.165, 1.54) is 12.8 Å². The van der Waals surface area contributed by atoms with Crippen LogP contribution < -0.4 is 0 Å². The molecule has 0 amide bonds. The van der Waals surface area contributed by atoms with Crippen LogP contribution >= 0.6 is 0 Å². The molecule has 0 bridgehead atoms. The first-order valence-electron chi connectivity index (χ1n) is 5.28. The molecular weight excluding hydrogens is 139 g/mol. The zero-order valence-electron chi connectivity index (χ0n) is 9.99. The first-order chi connectivity index (χ1) is 5.28. The molecule has 4 heteroatoms. The molecule has 0 radical (unpaired) electrons. The molecule has 0 nitrogen and oxygen atoms in total. The van der Waals surface area contributed by atoms with E-state index in [4.69, 9.17) is 0 Å². The van der Waals surface area contributed by atoms with Gasteiger partial charge in [-0.05, 0) is 0 Å². The molecule has 0 aromatic rings. The van der Waals surface area contributed by atoms with Gasteiger partial charge in [0.05, 0.1) is 30.0 Å². The molecule has 2 atom stereocenters. The van der Waals surface area contributed by atoms with Gasteiger partial charge in [0.25, 0.3) is 0 Å². The highest BCUT2D eigenvalue weighted by Crippen LogP contribution is 2.40. The maximum atomic E-state index is 2.40. The molecule has 0 aliphatic carbocycles. The van der Waals surface area contributed by atoms with Gasteiger partial charge >= 0.3 is 0 Å². The van der Waals surface area contributed by atoms with Crippen LogP contribution in [0.4, 0.5) is 0 Å². The number of hydrogen-bond acceptors (Lipinski definition) is 0. The van der Waals surface area contributed by atoms with Gasteiger partial charge in [0.2, 0.25) is 0 Å². The molecule has 0 aromatic carbocycles. The van der Waals surface area contributed by atoms with Crippen molar-refractivity contribution in [1.82, 2.24) is 0 Å². The van der Waals surface area contributed by atoms with Crippen LogP contribution in [0.1, 0.15) is 40.5 Å². The van der Waals surface area contributed by atoms with Crippen LogP contribution in [0, 0.1) is 0 Å². The van der Waals surface area contributed by atoms with Crippen molar-refractivity contribution in [3.8, 4) is 0 Å². The van der Waals surface area contributed by atoms with E-state index < -0.39 is 0 Å². The van der Waals surface area contributed by atoms with Gasteiger partial charge in [-0.3, -0.25) is 0 Å². The standard InChI is InChI=1S/C8H22B4/c1-5-7(3,9)12(11)8(4,10)6-2/h5-6,9-11H2,1-4H3. The molecule has 0 spiro atoms. The summed E-state index contributed by atoms with van der Waals surface area (Å²) >= 11 is 0. The molecule has 0 saturated heterocycles. The summed E-state index contributed by atoms with van der Waals surface area (Å²) in [6.07, 6.45) is 2.55. The van der Waals surface area contributed by atoms with Gasteiger partial charge in [-0.15, -0.1) is 0 Å². The van der Waals surface area contributed by atoms with E-state index in [1.54, 1.807) is 0 Å². The van der Waals surface area contributed by atoms with Crippen LogP contribution in [0.15, 0.2) is 0 Å². The Labute approximate surface area is 81.6 Å². The fourth-order valence-corrected chi connectivity index (χ4v) is 1.67. The number of rotatable bonds is 4. The molecule has 0 heterocycles. The third-order valence-electron chi connectivity index (χ3n) is 4.17. The van der Waals surface area contributed by atoms with Crippen molar-refractivity contribution >= 4 is 30.0 Å². The monoisotopic (exact) mass is 162 g/mol. The first-order valence-corrected chi connectivity index (χ1v) is 5.28. The molecule has 0 rings (SSSR count). The minimum atomic E-state index is 0.486. The van der Waals surface area contributed by atoms with E-state index in [0.29, 0.717) is 10.4 Å². The lowest BCUT2D eigenvalue weighted by atomic mass is 9.05. The second-order valence-corrected chi connectivity index (χ2v) is 5.41. The Balaban J connectivity index is 4.47. The van der Waals surface area contributed by atoms with E-state index in [9.17, 15) is 0 Å². The van der Waals surface area contributed by atoms with E-state index in [-0.39, 0.29) is 0 Å². The molecule has 2 unspecified atom stereocenters. The predicted molar refractivity (Wildman–Crippen MR) is 68.7 cm³/mol. The van der Waals surface area contributed by atoms with Gasteiger partial charge in [0.15, 0.2) is 0 Å². The fourth-order valence-electron chi connectivity index (χ4n) is 1.67. The summed E-state index contributed by atoms with van der Waals surface area (Å²) in [4.78, 5) is 0. The van der Waals surface area contributed by atoms with Gasteiger partial charge in [0, 0.05) is 0 Å². The van der Waals surface area contributed by atoms with Crippen LogP contribution in [0.2, 0.25) is 10.4 Å². The molecule has 12 heavy (non-hydrogen) atoms. The summed E-state index contributed by atoms with van der Waals surface area (Å²) in [5, 5.41) is 0.971. The molecule has 66 valence electrons. The lowest BCUT2D eigenvalue weighted by Gasteiger charge is -2.40. The molecule has 0 saturated carbocycles. The van der Waals surface area contributed by atoms with E-state index in [2.05, 4.69) is 51.1 Å². The Morgan fingerprint density at radius 3 is 1.42 bits per heavy atom. The van der Waals surface area contributed by atoms with Crippen molar-refractivity contribution in [2.45, 2.75) is 51.0 Å². The summed E-state index contributed by atoms with van der Waals surface area (Å²) in [6, 6.07) is 0. The largest absolute Gasteiger partial charge is 0.0988 e. The Morgan fingerprint density at radius 1 is 1.00 bits per heavy atom. The zero-order valence-corrected chi connectivity index (χ0v) is 9.99. The van der Waals surface area contributed by atoms with Crippen molar-refractivity contribution in [3.63, 3.8) is 0 Å². The minimum absolute atomic E-state index is 0.486. The van der Waals surface area contributed by atoms with Gasteiger partial charge < -0.3 is 0 Å². The lowest BCUT2D eigenvalue weighted by molar-refractivity contribution is 0.713. The van der Waals surface area contributed by atoms with Crippen molar-refractivity contribution in [3.05, 3.63) is 0 Å². The highest BCUT2D eigenvalue weighted by Gasteiger charge is 2.36. The quantitative estimate of drug-likeness (QED) is 0.515. The van der Waals surface area contributed by atoms with Crippen molar-refractivity contribution in [2.75, 3.05) is 0 Å². The summed E-state index contributed by atoms with van der Waals surface area (Å²) in [7, 11) is 7.16. The first kappa shape index (κ1) is 12.3. The Bertz CT molecular complexity index is 126. The molecule has 0 N–H and O–H groups in total. The Hall–Kier alpha value is 0.260. The van der Waals surface area contributed by atoms with E-state index >= 15 is 0 Å². The van der Waals surface area contributed by atoms with Crippen LogP contribution in [-0.4, -0.2) is 30.0 Å². The average Bonchev–Trinajstić information content (AvgIpc) is 2.03. The van der Waals surface area contributed by atoms with Crippen LogP contribution in [0.5, 0.6) is 0 Å². The fraction of sp³-hybridized carbons (Fsp3) is 1.00. The van der Waals surface area contributed by atoms with Gasteiger partial charge in [-0.1, -0.05) is 51.0 Å². The summed E-state index contributed by atoms with van der Waals surface area (Å²) in [5.41, 5.74) is 0. The highest BCUT2D eigenvalue weighted by atomic mass is 14.1. The minimum Gasteiger partial charge on any atom is -0.0876 e. The second-order valence-electron chi connectivity index (χ2n) is 5.41. The maximum Gasteiger partial charge on any atom is 0.0988 e. The highest BCUT2D eigenvalue weighted by molar-refractivity contribution is 7.11. The Kier molecular flexibility index (Phi) is 4.06. The van der Waals surface area contributed by atoms with Crippen LogP contribution in [0.25, 0.3) is 0 Å². The number of hydrogen-bond donors (Lipinski definition) is 0. The molecular formula is C8H22B4. The lowest BCUT2D eigenvalue weighted by Crippen LogP contribution is -2.42. The molecule has 0 aliphatic heterocycles. The zero-order chi connectivity index (χ0) is 9.99. The SMILES string of the molecule is BB(C(B)(C)CC)C(B)(C)CC. The third kappa shape index (κ3) is 2.64. The molecule has 0 fully saturated rings. The third-order valence-corrected chi connectivity index (χ3v) is 4.17. The summed E-state index contributed by atoms with van der Waals surface area (Å²) in [6.45, 7) is 10.1. The normalized spacial score (nSPS) is 21.0. The summed E-state index contributed by atoms with van der Waals surface area (Å²) < 4.78 is 0. The maximum absolute atomic E-state index is 2.40. The molecule has 0 aliphatic rings. The van der Waals surface area contributed by atoms with Gasteiger partial charge in [0.1, 0.15) is 0 Å². The van der Waals surface area contributed by atoms with Crippen molar-refractivity contribution in [1.29, 1.82) is 0 Å². The van der Waals surface area contributed by atoms with E-state index in [1.807, 2.05) is 0 Å². The summed E-state index contributed by atoms with van der Waals surface area (Å²) in [5.74, 6) is 0. The van der Waals surface area contributed by atoms with Crippen molar-refractivity contribution in [2.24, 2.45) is 0 Å². The van der Waals surface area contributed by atoms with Crippen LogP contribution in [0.3, 0.4) is 0 Å². The molecule has 0 aromatic heterocycles. The van der Waals surface area contributed by atoms with Gasteiger partial charge in [-0.2, -0.15) is 0 Å². The predicted octanol–water partition coefficient (Wildman–Crippen LogP) is 0.133. The van der Waals surface area contributed by atoms with E-state index in [0.717, 1.165) is 6.60 Å².